The topological polar surface area (TPSA) is 35.5 Å². The van der Waals surface area contributed by atoms with E-state index in [0.29, 0.717) is 24.4 Å². The van der Waals surface area contributed by atoms with Crippen molar-refractivity contribution in [3.8, 4) is 0 Å². The first-order valence-electron chi connectivity index (χ1n) is 4.43. The second kappa shape index (κ2) is 3.96. The van der Waals surface area contributed by atoms with E-state index in [1.54, 1.807) is 12.5 Å². The Balaban J connectivity index is 1.96. The molecule has 3 heteroatoms. The Morgan fingerprint density at radius 2 is 1.57 bits per heavy atom. The van der Waals surface area contributed by atoms with Gasteiger partial charge in [0.2, 0.25) is 0 Å². The van der Waals surface area contributed by atoms with Gasteiger partial charge in [0.15, 0.2) is 5.78 Å². The molecule has 0 aromatic carbocycles. The lowest BCUT2D eigenvalue weighted by atomic mass is 10.2. The third kappa shape index (κ3) is 2.13. The second-order valence-corrected chi connectivity index (χ2v) is 3.01. The van der Waals surface area contributed by atoms with Crippen LogP contribution < -0.4 is 0 Å². The molecule has 2 rings (SSSR count). The standard InChI is InChI=1S/C11H10O3/c12-9(7-10-3-1-5-13-10)8-11-4-2-6-14-11/h1-2,5-8H,3-4H2. The molecule has 2 aliphatic rings. The molecule has 0 N–H and O–H groups in total. The summed E-state index contributed by atoms with van der Waals surface area (Å²) < 4.78 is 10.1. The fourth-order valence-corrected chi connectivity index (χ4v) is 1.24. The molecule has 0 saturated heterocycles. The van der Waals surface area contributed by atoms with Crippen LogP contribution in [0.5, 0.6) is 0 Å². The highest BCUT2D eigenvalue weighted by Gasteiger charge is 2.07. The maximum absolute atomic E-state index is 11.4. The van der Waals surface area contributed by atoms with Gasteiger partial charge in [-0.2, -0.15) is 0 Å². The highest BCUT2D eigenvalue weighted by Crippen LogP contribution is 2.15. The van der Waals surface area contributed by atoms with E-state index >= 15 is 0 Å². The molecule has 72 valence electrons. The number of rotatable bonds is 2. The van der Waals surface area contributed by atoms with Crippen LogP contribution in [0.2, 0.25) is 0 Å². The summed E-state index contributed by atoms with van der Waals surface area (Å²) in [6, 6.07) is 0. The van der Waals surface area contributed by atoms with Crippen molar-refractivity contribution in [2.45, 2.75) is 12.8 Å². The molecule has 3 nitrogen and oxygen atoms in total. The van der Waals surface area contributed by atoms with Crippen molar-refractivity contribution in [2.24, 2.45) is 0 Å². The van der Waals surface area contributed by atoms with Crippen LogP contribution in [0.25, 0.3) is 0 Å². The number of hydrogen-bond donors (Lipinski definition) is 0. The summed E-state index contributed by atoms with van der Waals surface area (Å²) in [4.78, 5) is 11.4. The maximum atomic E-state index is 11.4. The van der Waals surface area contributed by atoms with Gasteiger partial charge >= 0.3 is 0 Å². The molecule has 0 amide bonds. The molecule has 0 aliphatic carbocycles. The predicted molar refractivity (Wildman–Crippen MR) is 50.9 cm³/mol. The molecule has 14 heavy (non-hydrogen) atoms. The fraction of sp³-hybridized carbons (Fsp3) is 0.182. The van der Waals surface area contributed by atoms with E-state index < -0.39 is 0 Å². The van der Waals surface area contributed by atoms with Crippen molar-refractivity contribution in [3.05, 3.63) is 48.3 Å². The quantitative estimate of drug-likeness (QED) is 0.626. The first kappa shape index (κ1) is 8.81. The van der Waals surface area contributed by atoms with Gasteiger partial charge in [-0.15, -0.1) is 0 Å². The Hall–Kier alpha value is -1.77. The average Bonchev–Trinajstić information content (AvgIpc) is 2.76. The van der Waals surface area contributed by atoms with Crippen molar-refractivity contribution < 1.29 is 14.3 Å². The van der Waals surface area contributed by atoms with E-state index in [1.807, 2.05) is 12.2 Å². The third-order valence-corrected chi connectivity index (χ3v) is 1.88. The summed E-state index contributed by atoms with van der Waals surface area (Å²) in [7, 11) is 0. The number of allylic oxidation sites excluding steroid dienone is 4. The Labute approximate surface area is 82.0 Å². The minimum atomic E-state index is -0.0950. The van der Waals surface area contributed by atoms with Gasteiger partial charge < -0.3 is 9.47 Å². The van der Waals surface area contributed by atoms with Gasteiger partial charge in [0.05, 0.1) is 12.5 Å². The first-order valence-corrected chi connectivity index (χ1v) is 4.43. The van der Waals surface area contributed by atoms with Crippen LogP contribution in [0.4, 0.5) is 0 Å². The number of ether oxygens (including phenoxy) is 2. The Morgan fingerprint density at radius 1 is 1.07 bits per heavy atom. The van der Waals surface area contributed by atoms with Gasteiger partial charge in [0, 0.05) is 25.0 Å². The maximum Gasteiger partial charge on any atom is 0.185 e. The van der Waals surface area contributed by atoms with E-state index in [-0.39, 0.29) is 5.78 Å². The molecular weight excluding hydrogens is 180 g/mol. The molecule has 0 aromatic heterocycles. The summed E-state index contributed by atoms with van der Waals surface area (Å²) in [6.45, 7) is 0. The fourth-order valence-electron chi connectivity index (χ4n) is 1.24. The third-order valence-electron chi connectivity index (χ3n) is 1.88. The number of carbonyl (C=O) groups excluding carboxylic acids is 1. The Morgan fingerprint density at radius 3 is 1.93 bits per heavy atom. The SMILES string of the molecule is O=C(C=C1CC=CO1)C=C1CC=CO1. The molecule has 0 aromatic rings. The van der Waals surface area contributed by atoms with Crippen molar-refractivity contribution in [1.82, 2.24) is 0 Å². The summed E-state index contributed by atoms with van der Waals surface area (Å²) in [6.07, 6.45) is 11.2. The molecule has 0 atom stereocenters. The zero-order valence-corrected chi connectivity index (χ0v) is 7.60. The predicted octanol–water partition coefficient (Wildman–Crippen LogP) is 2.19. The van der Waals surface area contributed by atoms with Crippen molar-refractivity contribution >= 4 is 5.78 Å². The Bertz CT molecular complexity index is 305. The van der Waals surface area contributed by atoms with Gasteiger partial charge in [-0.3, -0.25) is 4.79 Å². The molecule has 0 fully saturated rings. The van der Waals surface area contributed by atoms with Gasteiger partial charge in [-0.1, -0.05) is 0 Å². The van der Waals surface area contributed by atoms with Crippen molar-refractivity contribution in [3.63, 3.8) is 0 Å². The monoisotopic (exact) mass is 190 g/mol. The van der Waals surface area contributed by atoms with Crippen LogP contribution in [0.3, 0.4) is 0 Å². The molecule has 0 radical (unpaired) electrons. The summed E-state index contributed by atoms with van der Waals surface area (Å²) in [5, 5.41) is 0. The van der Waals surface area contributed by atoms with E-state index in [1.165, 1.54) is 12.2 Å². The zero-order valence-electron chi connectivity index (χ0n) is 7.60. The van der Waals surface area contributed by atoms with Crippen LogP contribution in [-0.2, 0) is 14.3 Å². The minimum absolute atomic E-state index is 0.0950. The van der Waals surface area contributed by atoms with E-state index in [9.17, 15) is 4.79 Å². The van der Waals surface area contributed by atoms with Crippen LogP contribution in [0.15, 0.2) is 48.3 Å². The van der Waals surface area contributed by atoms with Crippen molar-refractivity contribution in [2.75, 3.05) is 0 Å². The minimum Gasteiger partial charge on any atom is -0.469 e. The zero-order chi connectivity index (χ0) is 9.80. The van der Waals surface area contributed by atoms with Crippen LogP contribution in [0.1, 0.15) is 12.8 Å². The lowest BCUT2D eigenvalue weighted by Crippen LogP contribution is -1.92. The second-order valence-electron chi connectivity index (χ2n) is 3.01. The lowest BCUT2D eigenvalue weighted by Gasteiger charge is -1.96. The highest BCUT2D eigenvalue weighted by atomic mass is 16.5. The Kier molecular flexibility index (Phi) is 2.49. The first-order chi connectivity index (χ1) is 6.84. The molecule has 0 bridgehead atoms. The molecule has 2 aliphatic heterocycles. The normalized spacial score (nSPS) is 24.3. The van der Waals surface area contributed by atoms with Crippen LogP contribution in [0, 0.1) is 0 Å². The number of carbonyl (C=O) groups is 1. The lowest BCUT2D eigenvalue weighted by molar-refractivity contribution is -0.110. The van der Waals surface area contributed by atoms with Gasteiger partial charge in [0.1, 0.15) is 11.5 Å². The average molecular weight is 190 g/mol. The highest BCUT2D eigenvalue weighted by molar-refractivity contribution is 5.99. The summed E-state index contributed by atoms with van der Waals surface area (Å²) in [5.41, 5.74) is 0. The van der Waals surface area contributed by atoms with E-state index in [4.69, 9.17) is 9.47 Å². The molecule has 2 heterocycles. The van der Waals surface area contributed by atoms with Crippen molar-refractivity contribution in [1.29, 1.82) is 0 Å². The summed E-state index contributed by atoms with van der Waals surface area (Å²) >= 11 is 0. The molecule has 0 unspecified atom stereocenters. The van der Waals surface area contributed by atoms with Gasteiger partial charge in [0.25, 0.3) is 0 Å². The van der Waals surface area contributed by atoms with E-state index in [2.05, 4.69) is 0 Å². The van der Waals surface area contributed by atoms with E-state index in [0.717, 1.165) is 0 Å². The van der Waals surface area contributed by atoms with Gasteiger partial charge in [-0.05, 0) is 12.2 Å². The molecule has 0 saturated carbocycles. The summed E-state index contributed by atoms with van der Waals surface area (Å²) in [5.74, 6) is 1.26. The largest absolute Gasteiger partial charge is 0.469 e. The molecule has 0 spiro atoms. The van der Waals surface area contributed by atoms with Crippen LogP contribution in [-0.4, -0.2) is 5.78 Å². The number of hydrogen-bond acceptors (Lipinski definition) is 3. The molecular formula is C11H10O3. The number of ketones is 1. The smallest absolute Gasteiger partial charge is 0.185 e. The van der Waals surface area contributed by atoms with Gasteiger partial charge in [-0.25, -0.2) is 0 Å². The van der Waals surface area contributed by atoms with Crippen LogP contribution >= 0.6 is 0 Å².